The molecule has 1 aliphatic heterocycles. The minimum Gasteiger partial charge on any atom is -0.325 e. The number of imide groups is 1. The summed E-state index contributed by atoms with van der Waals surface area (Å²) >= 11 is 6.10. The molecule has 1 aliphatic carbocycles. The number of carbonyl (C=O) groups is 3. The van der Waals surface area contributed by atoms with Crippen molar-refractivity contribution in [2.24, 2.45) is 11.8 Å². The molecule has 8 nitrogen and oxygen atoms in total. The second kappa shape index (κ2) is 8.47. The Labute approximate surface area is 183 Å². The number of hydrogen-bond donors (Lipinski definition) is 1. The number of nitro benzene ring substituents is 1. The number of halogens is 1. The molecule has 0 saturated heterocycles. The van der Waals surface area contributed by atoms with Gasteiger partial charge in [-0.15, -0.1) is 0 Å². The van der Waals surface area contributed by atoms with Gasteiger partial charge in [0, 0.05) is 24.6 Å². The van der Waals surface area contributed by atoms with Crippen molar-refractivity contribution >= 4 is 40.7 Å². The van der Waals surface area contributed by atoms with Crippen molar-refractivity contribution in [3.05, 3.63) is 68.7 Å². The quantitative estimate of drug-likeness (QED) is 0.423. The largest absolute Gasteiger partial charge is 0.325 e. The third-order valence-corrected chi connectivity index (χ3v) is 6.28. The van der Waals surface area contributed by atoms with Gasteiger partial charge in [0.05, 0.1) is 26.8 Å². The van der Waals surface area contributed by atoms with Crippen LogP contribution in [-0.4, -0.2) is 34.1 Å². The van der Waals surface area contributed by atoms with Crippen molar-refractivity contribution in [3.8, 4) is 0 Å². The fraction of sp³-hybridized carbons (Fsp3) is 0.318. The Morgan fingerprint density at radius 3 is 2.35 bits per heavy atom. The molecular weight excluding hydrogens is 422 g/mol. The Morgan fingerprint density at radius 2 is 1.74 bits per heavy atom. The lowest BCUT2D eigenvalue weighted by Crippen LogP contribution is -2.41. The average molecular weight is 442 g/mol. The van der Waals surface area contributed by atoms with Crippen LogP contribution in [0.5, 0.6) is 0 Å². The van der Waals surface area contributed by atoms with Gasteiger partial charge in [0.1, 0.15) is 0 Å². The first kappa shape index (κ1) is 21.0. The molecule has 160 valence electrons. The number of benzene rings is 2. The molecule has 3 amide bonds. The van der Waals surface area contributed by atoms with Crippen LogP contribution in [0.1, 0.15) is 46.4 Å². The number of non-ortho nitro benzene ring substituents is 1. The molecule has 0 spiro atoms. The van der Waals surface area contributed by atoms with E-state index in [0.29, 0.717) is 23.2 Å². The number of carbonyl (C=O) groups excluding carboxylic acids is 3. The molecule has 2 aromatic rings. The van der Waals surface area contributed by atoms with E-state index in [1.54, 1.807) is 24.3 Å². The van der Waals surface area contributed by atoms with E-state index in [0.717, 1.165) is 19.3 Å². The first-order chi connectivity index (χ1) is 14.9. The van der Waals surface area contributed by atoms with Gasteiger partial charge in [-0.2, -0.15) is 0 Å². The monoisotopic (exact) mass is 441 g/mol. The van der Waals surface area contributed by atoms with Gasteiger partial charge >= 0.3 is 0 Å². The minimum atomic E-state index is -0.559. The zero-order valence-corrected chi connectivity index (χ0v) is 17.3. The van der Waals surface area contributed by atoms with E-state index in [1.807, 2.05) is 0 Å². The van der Waals surface area contributed by atoms with Crippen molar-refractivity contribution < 1.29 is 19.3 Å². The molecule has 2 aromatic carbocycles. The molecule has 0 bridgehead atoms. The Balaban J connectivity index is 1.49. The topological polar surface area (TPSA) is 110 Å². The van der Waals surface area contributed by atoms with Gasteiger partial charge in [-0.25, -0.2) is 0 Å². The van der Waals surface area contributed by atoms with Crippen LogP contribution in [0.2, 0.25) is 5.02 Å². The van der Waals surface area contributed by atoms with Crippen LogP contribution in [0.25, 0.3) is 0 Å². The summed E-state index contributed by atoms with van der Waals surface area (Å²) in [7, 11) is 0. The standard InChI is InChI=1S/C22H20ClN3O5/c23-18-11-14(26(30)31)9-10-19(18)24-20(27)15-6-2-1-5-13(15)12-25-21(28)16-7-3-4-8-17(16)22(25)29/h3-4,7-11,13,15H,1-2,5-6,12H2,(H,24,27). The zero-order valence-electron chi connectivity index (χ0n) is 16.5. The lowest BCUT2D eigenvalue weighted by atomic mass is 9.78. The maximum Gasteiger partial charge on any atom is 0.271 e. The van der Waals surface area contributed by atoms with Crippen LogP contribution in [0.3, 0.4) is 0 Å². The summed E-state index contributed by atoms with van der Waals surface area (Å²) < 4.78 is 0. The highest BCUT2D eigenvalue weighted by Crippen LogP contribution is 2.35. The highest BCUT2D eigenvalue weighted by atomic mass is 35.5. The summed E-state index contributed by atoms with van der Waals surface area (Å²) in [5.41, 5.74) is 0.912. The fourth-order valence-electron chi connectivity index (χ4n) is 4.36. The predicted molar refractivity (Wildman–Crippen MR) is 114 cm³/mol. The van der Waals surface area contributed by atoms with E-state index in [2.05, 4.69) is 5.32 Å². The van der Waals surface area contributed by atoms with Gasteiger partial charge in [0.2, 0.25) is 5.91 Å². The molecule has 4 rings (SSSR count). The molecule has 1 heterocycles. The van der Waals surface area contributed by atoms with Crippen LogP contribution in [0, 0.1) is 22.0 Å². The van der Waals surface area contributed by atoms with E-state index >= 15 is 0 Å². The number of rotatable bonds is 5. The smallest absolute Gasteiger partial charge is 0.271 e. The molecule has 1 fully saturated rings. The van der Waals surface area contributed by atoms with Crippen LogP contribution < -0.4 is 5.32 Å². The normalized spacial score (nSPS) is 20.5. The van der Waals surface area contributed by atoms with Gasteiger partial charge in [0.25, 0.3) is 17.5 Å². The second-order valence-corrected chi connectivity index (χ2v) is 8.24. The molecule has 31 heavy (non-hydrogen) atoms. The van der Waals surface area contributed by atoms with E-state index in [1.165, 1.54) is 23.1 Å². The Hall–Kier alpha value is -3.26. The summed E-state index contributed by atoms with van der Waals surface area (Å²) in [6, 6.07) is 10.6. The number of nitrogens with one attached hydrogen (secondary N) is 1. The van der Waals surface area contributed by atoms with E-state index in [9.17, 15) is 24.5 Å². The van der Waals surface area contributed by atoms with Gasteiger partial charge in [-0.3, -0.25) is 29.4 Å². The number of nitrogens with zero attached hydrogens (tertiary/aromatic N) is 2. The number of nitro groups is 1. The SMILES string of the molecule is O=C(Nc1ccc([N+](=O)[O-])cc1Cl)C1CCCCC1CN1C(=O)c2ccccc2C1=O. The molecule has 9 heteroatoms. The van der Waals surface area contributed by atoms with E-state index in [-0.39, 0.29) is 40.9 Å². The first-order valence-corrected chi connectivity index (χ1v) is 10.4. The second-order valence-electron chi connectivity index (χ2n) is 7.83. The molecule has 0 radical (unpaired) electrons. The zero-order chi connectivity index (χ0) is 22.1. The maximum absolute atomic E-state index is 13.0. The van der Waals surface area contributed by atoms with Crippen molar-refractivity contribution in [1.82, 2.24) is 4.90 Å². The van der Waals surface area contributed by atoms with Gasteiger partial charge in [-0.1, -0.05) is 36.6 Å². The van der Waals surface area contributed by atoms with Gasteiger partial charge in [-0.05, 0) is 37.0 Å². The molecule has 0 aromatic heterocycles. The summed E-state index contributed by atoms with van der Waals surface area (Å²) in [6.45, 7) is 0.179. The Morgan fingerprint density at radius 1 is 1.10 bits per heavy atom. The summed E-state index contributed by atoms with van der Waals surface area (Å²) in [4.78, 5) is 50.0. The third kappa shape index (κ3) is 4.03. The van der Waals surface area contributed by atoms with Crippen LogP contribution in [0.15, 0.2) is 42.5 Å². The van der Waals surface area contributed by atoms with Crippen molar-refractivity contribution in [2.45, 2.75) is 25.7 Å². The number of amides is 3. The van der Waals surface area contributed by atoms with Crippen molar-refractivity contribution in [1.29, 1.82) is 0 Å². The molecule has 2 atom stereocenters. The molecular formula is C22H20ClN3O5. The fourth-order valence-corrected chi connectivity index (χ4v) is 4.58. The Kier molecular flexibility index (Phi) is 5.73. The molecule has 2 aliphatic rings. The third-order valence-electron chi connectivity index (χ3n) is 5.96. The predicted octanol–water partition coefficient (Wildman–Crippen LogP) is 4.29. The average Bonchev–Trinajstić information content (AvgIpc) is 3.00. The van der Waals surface area contributed by atoms with Gasteiger partial charge < -0.3 is 5.32 Å². The maximum atomic E-state index is 13.0. The van der Waals surface area contributed by atoms with Gasteiger partial charge in [0.15, 0.2) is 0 Å². The highest BCUT2D eigenvalue weighted by Gasteiger charge is 2.40. The lowest BCUT2D eigenvalue weighted by molar-refractivity contribution is -0.384. The van der Waals surface area contributed by atoms with Crippen molar-refractivity contribution in [2.75, 3.05) is 11.9 Å². The van der Waals surface area contributed by atoms with Crippen molar-refractivity contribution in [3.63, 3.8) is 0 Å². The minimum absolute atomic E-state index is 0.0789. The molecule has 1 saturated carbocycles. The molecule has 1 N–H and O–H groups in total. The van der Waals surface area contributed by atoms with Crippen LogP contribution in [-0.2, 0) is 4.79 Å². The van der Waals surface area contributed by atoms with Crippen LogP contribution in [0.4, 0.5) is 11.4 Å². The number of hydrogen-bond acceptors (Lipinski definition) is 5. The van der Waals surface area contributed by atoms with Crippen LogP contribution >= 0.6 is 11.6 Å². The van der Waals surface area contributed by atoms with E-state index < -0.39 is 10.8 Å². The summed E-state index contributed by atoms with van der Waals surface area (Å²) in [5.74, 6) is -1.50. The number of anilines is 1. The highest BCUT2D eigenvalue weighted by molar-refractivity contribution is 6.34. The first-order valence-electron chi connectivity index (χ1n) is 10.1. The summed E-state index contributed by atoms with van der Waals surface area (Å²) in [6.07, 6.45) is 3.13. The van der Waals surface area contributed by atoms with E-state index in [4.69, 9.17) is 11.6 Å². The Bertz CT molecular complexity index is 1050. The summed E-state index contributed by atoms with van der Waals surface area (Å²) in [5, 5.41) is 13.7. The number of fused-ring (bicyclic) bond motifs is 1. The molecule has 2 unspecified atom stereocenters. The lowest BCUT2D eigenvalue weighted by Gasteiger charge is -2.32.